The minimum atomic E-state index is -2.29. The average Bonchev–Trinajstić information content (AvgIpc) is 3.42. The number of fused-ring (bicyclic) bond motifs is 2. The Morgan fingerprint density at radius 2 is 2.00 bits per heavy atom. The van der Waals surface area contributed by atoms with Crippen molar-refractivity contribution in [2.45, 2.75) is 63.0 Å². The van der Waals surface area contributed by atoms with Crippen molar-refractivity contribution >= 4 is 28.0 Å². The minimum Gasteiger partial charge on any atom is -0.479 e. The number of nitrogens with zero attached hydrogens (tertiary/aromatic N) is 4. The van der Waals surface area contributed by atoms with E-state index in [1.165, 1.54) is 6.07 Å². The van der Waals surface area contributed by atoms with Gasteiger partial charge in [-0.1, -0.05) is 13.8 Å². The molecule has 2 N–H and O–H groups in total. The summed E-state index contributed by atoms with van der Waals surface area (Å²) < 4.78 is 45.0. The SMILES string of the molecule is CC(C)(CC#N)c1c([C@H]2CC[C@](F)(C(=O)O)CC2)c2nc3[nH]ncc3cc2n1-c1ccc(F)c(F)c1. The maximum Gasteiger partial charge on any atom is 0.341 e. The van der Waals surface area contributed by atoms with E-state index >= 15 is 0 Å². The van der Waals surface area contributed by atoms with Crippen LogP contribution in [0.15, 0.2) is 30.5 Å². The highest BCUT2D eigenvalue weighted by Crippen LogP contribution is 2.48. The normalized spacial score (nSPS) is 20.6. The van der Waals surface area contributed by atoms with Crippen LogP contribution in [0.1, 0.15) is 63.1 Å². The molecule has 0 amide bonds. The van der Waals surface area contributed by atoms with E-state index in [2.05, 4.69) is 16.3 Å². The van der Waals surface area contributed by atoms with Crippen molar-refractivity contribution in [2.24, 2.45) is 0 Å². The first-order valence-corrected chi connectivity index (χ1v) is 11.7. The van der Waals surface area contributed by atoms with Gasteiger partial charge in [-0.2, -0.15) is 10.4 Å². The number of benzene rings is 1. The topological polar surface area (TPSA) is 108 Å². The first kappa shape index (κ1) is 23.9. The zero-order chi connectivity index (χ0) is 25.8. The number of alkyl halides is 1. The van der Waals surface area contributed by atoms with Gasteiger partial charge >= 0.3 is 5.97 Å². The number of hydrogen-bond acceptors (Lipinski definition) is 4. The number of carboxylic acid groups (broad SMARTS) is 1. The lowest BCUT2D eigenvalue weighted by molar-refractivity contribution is -0.153. The summed E-state index contributed by atoms with van der Waals surface area (Å²) in [5.74, 6) is -3.71. The highest BCUT2D eigenvalue weighted by Gasteiger charge is 2.45. The number of aromatic amines is 1. The Labute approximate surface area is 204 Å². The fraction of sp³-hybridized carbons (Fsp3) is 0.385. The van der Waals surface area contributed by atoms with Crippen molar-refractivity contribution in [3.63, 3.8) is 0 Å². The number of carboxylic acids is 1. The number of aliphatic carboxylic acids is 1. The molecule has 0 radical (unpaired) electrons. The molecule has 1 fully saturated rings. The Kier molecular flexibility index (Phi) is 5.54. The number of carbonyl (C=O) groups is 1. The van der Waals surface area contributed by atoms with Crippen molar-refractivity contribution in [3.05, 3.63) is 53.4 Å². The van der Waals surface area contributed by atoms with Crippen LogP contribution in [-0.2, 0) is 10.2 Å². The molecule has 4 aromatic rings. The summed E-state index contributed by atoms with van der Waals surface area (Å²) in [6.07, 6.45) is 1.93. The third-order valence-corrected chi connectivity index (χ3v) is 7.27. The Balaban J connectivity index is 1.83. The largest absolute Gasteiger partial charge is 0.479 e. The van der Waals surface area contributed by atoms with Crippen LogP contribution in [0.3, 0.4) is 0 Å². The van der Waals surface area contributed by atoms with Gasteiger partial charge in [-0.05, 0) is 49.8 Å². The van der Waals surface area contributed by atoms with E-state index in [0.717, 1.165) is 17.7 Å². The van der Waals surface area contributed by atoms with Crippen LogP contribution in [0.4, 0.5) is 13.2 Å². The summed E-state index contributed by atoms with van der Waals surface area (Å²) >= 11 is 0. The molecule has 1 aliphatic rings. The van der Waals surface area contributed by atoms with E-state index < -0.39 is 28.7 Å². The van der Waals surface area contributed by atoms with Crippen LogP contribution >= 0.6 is 0 Å². The molecule has 0 atom stereocenters. The van der Waals surface area contributed by atoms with Gasteiger partial charge in [0.15, 0.2) is 17.3 Å². The summed E-state index contributed by atoms with van der Waals surface area (Å²) in [4.78, 5) is 16.3. The smallest absolute Gasteiger partial charge is 0.341 e. The second kappa shape index (κ2) is 8.36. The Bertz CT molecular complexity index is 1540. The number of nitrogens with one attached hydrogen (secondary N) is 1. The molecular weight excluding hydrogens is 471 g/mol. The number of rotatable bonds is 5. The molecule has 3 aromatic heterocycles. The molecule has 0 aliphatic heterocycles. The molecule has 0 bridgehead atoms. The zero-order valence-corrected chi connectivity index (χ0v) is 19.8. The molecule has 0 saturated heterocycles. The van der Waals surface area contributed by atoms with Crippen molar-refractivity contribution in [2.75, 3.05) is 0 Å². The predicted molar refractivity (Wildman–Crippen MR) is 127 cm³/mol. The molecular formula is C26H24F3N5O2. The maximum absolute atomic E-state index is 14.9. The van der Waals surface area contributed by atoms with Crippen LogP contribution in [0.2, 0.25) is 0 Å². The second-order valence-electron chi connectivity index (χ2n) is 10.1. The van der Waals surface area contributed by atoms with Gasteiger partial charge in [0.05, 0.1) is 23.3 Å². The van der Waals surface area contributed by atoms with E-state index in [4.69, 9.17) is 4.98 Å². The summed E-state index contributed by atoms with van der Waals surface area (Å²) in [6.45, 7) is 3.77. The molecule has 186 valence electrons. The van der Waals surface area contributed by atoms with Gasteiger partial charge in [0, 0.05) is 40.2 Å². The van der Waals surface area contributed by atoms with Crippen LogP contribution < -0.4 is 0 Å². The van der Waals surface area contributed by atoms with Gasteiger partial charge in [0.25, 0.3) is 0 Å². The van der Waals surface area contributed by atoms with Gasteiger partial charge in [0.2, 0.25) is 5.67 Å². The lowest BCUT2D eigenvalue weighted by Crippen LogP contribution is -2.37. The van der Waals surface area contributed by atoms with Crippen LogP contribution in [0, 0.1) is 23.0 Å². The average molecular weight is 496 g/mol. The third kappa shape index (κ3) is 3.70. The number of pyridine rings is 1. The van der Waals surface area contributed by atoms with Gasteiger partial charge in [-0.3, -0.25) is 5.10 Å². The fourth-order valence-corrected chi connectivity index (χ4v) is 5.40. The predicted octanol–water partition coefficient (Wildman–Crippen LogP) is 5.82. The van der Waals surface area contributed by atoms with Crippen LogP contribution in [0.25, 0.3) is 27.8 Å². The van der Waals surface area contributed by atoms with E-state index in [1.54, 1.807) is 10.8 Å². The third-order valence-electron chi connectivity index (χ3n) is 7.27. The Morgan fingerprint density at radius 1 is 1.28 bits per heavy atom. The summed E-state index contributed by atoms with van der Waals surface area (Å²) in [5, 5.41) is 26.6. The molecule has 0 unspecified atom stereocenters. The van der Waals surface area contributed by atoms with Crippen molar-refractivity contribution < 1.29 is 23.1 Å². The maximum atomic E-state index is 14.9. The number of H-pyrrole nitrogens is 1. The standard InChI is InChI=1S/C26H24F3N5O2/c1-25(2,9-10-30)22-20(14-5-7-26(29,8-6-14)24(35)36)21-19(11-15-13-31-33-23(15)32-21)34(22)16-3-4-17(27)18(28)12-16/h3-4,11-14H,5-9H2,1-2H3,(H,35,36)(H,31,32,33)/t14-,26+. The molecule has 36 heavy (non-hydrogen) atoms. The molecule has 5 rings (SSSR count). The summed E-state index contributed by atoms with van der Waals surface area (Å²) in [6, 6.07) is 7.67. The lowest BCUT2D eigenvalue weighted by Gasteiger charge is -2.33. The molecule has 3 heterocycles. The van der Waals surface area contributed by atoms with E-state index in [9.17, 15) is 28.3 Å². The van der Waals surface area contributed by atoms with E-state index in [-0.39, 0.29) is 38.0 Å². The summed E-state index contributed by atoms with van der Waals surface area (Å²) in [7, 11) is 0. The molecule has 1 aromatic carbocycles. The molecule has 0 spiro atoms. The summed E-state index contributed by atoms with van der Waals surface area (Å²) in [5.41, 5.74) is 0.475. The van der Waals surface area contributed by atoms with Crippen LogP contribution in [0.5, 0.6) is 0 Å². The molecule has 1 saturated carbocycles. The molecule has 1 aliphatic carbocycles. The monoisotopic (exact) mass is 495 g/mol. The highest BCUT2D eigenvalue weighted by atomic mass is 19.2. The fourth-order valence-electron chi connectivity index (χ4n) is 5.40. The molecule has 10 heteroatoms. The first-order chi connectivity index (χ1) is 17.1. The zero-order valence-electron chi connectivity index (χ0n) is 19.8. The van der Waals surface area contributed by atoms with Crippen molar-refractivity contribution in [1.29, 1.82) is 5.26 Å². The van der Waals surface area contributed by atoms with Crippen LogP contribution in [-0.4, -0.2) is 36.5 Å². The number of nitriles is 1. The van der Waals surface area contributed by atoms with E-state index in [0.29, 0.717) is 33.4 Å². The first-order valence-electron chi connectivity index (χ1n) is 11.7. The lowest BCUT2D eigenvalue weighted by atomic mass is 9.73. The minimum absolute atomic E-state index is 0.119. The number of halogens is 3. The quantitative estimate of drug-likeness (QED) is 0.363. The van der Waals surface area contributed by atoms with Gasteiger partial charge in [0.1, 0.15) is 0 Å². The Hall–Kier alpha value is -3.87. The van der Waals surface area contributed by atoms with Gasteiger partial charge < -0.3 is 9.67 Å². The van der Waals surface area contributed by atoms with Crippen molar-refractivity contribution in [3.8, 4) is 11.8 Å². The van der Waals surface area contributed by atoms with Gasteiger partial charge in [-0.25, -0.2) is 22.9 Å². The van der Waals surface area contributed by atoms with Crippen molar-refractivity contribution in [1.82, 2.24) is 19.7 Å². The second-order valence-corrected chi connectivity index (χ2v) is 10.1. The Morgan fingerprint density at radius 3 is 2.64 bits per heavy atom. The number of aromatic nitrogens is 4. The highest BCUT2D eigenvalue weighted by molar-refractivity contribution is 5.94. The van der Waals surface area contributed by atoms with Gasteiger partial charge in [-0.15, -0.1) is 0 Å². The van der Waals surface area contributed by atoms with E-state index in [1.807, 2.05) is 19.9 Å². The molecule has 7 nitrogen and oxygen atoms in total. The number of hydrogen-bond donors (Lipinski definition) is 2.